The highest BCUT2D eigenvalue weighted by Gasteiger charge is 2.37. The van der Waals surface area contributed by atoms with Crippen molar-refractivity contribution in [3.8, 4) is 0 Å². The van der Waals surface area contributed by atoms with E-state index < -0.39 is 5.97 Å². The molecule has 0 aromatic rings. The second kappa shape index (κ2) is 6.53. The van der Waals surface area contributed by atoms with Gasteiger partial charge in [0.05, 0.1) is 0 Å². The number of hydrogen-bond donors (Lipinski definition) is 2. The molecule has 1 saturated carbocycles. The number of hydrogen-bond acceptors (Lipinski definition) is 3. The molecule has 1 saturated heterocycles. The average Bonchev–Trinajstić information content (AvgIpc) is 3.13. The van der Waals surface area contributed by atoms with Gasteiger partial charge in [-0.2, -0.15) is 0 Å². The minimum absolute atomic E-state index is 0.298. The molecule has 1 heterocycles. The van der Waals surface area contributed by atoms with Crippen LogP contribution in [0.25, 0.3) is 0 Å². The Kier molecular flexibility index (Phi) is 5.01. The van der Waals surface area contributed by atoms with Gasteiger partial charge in [0.2, 0.25) is 0 Å². The van der Waals surface area contributed by atoms with E-state index in [1.807, 2.05) is 0 Å². The summed E-state index contributed by atoms with van der Waals surface area (Å²) < 4.78 is 0. The van der Waals surface area contributed by atoms with Crippen LogP contribution in [-0.4, -0.2) is 47.7 Å². The van der Waals surface area contributed by atoms with Gasteiger partial charge in [0, 0.05) is 6.04 Å². The predicted molar refractivity (Wildman–Crippen MR) is 71.7 cm³/mol. The largest absolute Gasteiger partial charge is 0.480 e. The summed E-state index contributed by atoms with van der Waals surface area (Å²) in [7, 11) is 0. The molecule has 2 atom stereocenters. The van der Waals surface area contributed by atoms with Crippen LogP contribution in [0.5, 0.6) is 0 Å². The second-order valence-electron chi connectivity index (χ2n) is 5.79. The number of nitrogens with zero attached hydrogens (tertiary/aromatic N) is 1. The molecule has 2 aliphatic rings. The molecule has 0 amide bonds. The zero-order chi connectivity index (χ0) is 13.0. The second-order valence-corrected chi connectivity index (χ2v) is 5.79. The number of nitrogens with one attached hydrogen (secondary N) is 1. The van der Waals surface area contributed by atoms with Gasteiger partial charge in [0.1, 0.15) is 6.04 Å². The highest BCUT2D eigenvalue weighted by Crippen LogP contribution is 2.33. The Labute approximate surface area is 110 Å². The molecule has 0 bridgehead atoms. The van der Waals surface area contributed by atoms with Gasteiger partial charge < -0.3 is 15.3 Å². The van der Waals surface area contributed by atoms with Crippen LogP contribution >= 0.6 is 0 Å². The van der Waals surface area contributed by atoms with E-state index in [-0.39, 0.29) is 6.04 Å². The molecule has 2 rings (SSSR count). The van der Waals surface area contributed by atoms with Crippen LogP contribution in [0.15, 0.2) is 0 Å². The number of carboxylic acid groups (broad SMARTS) is 1. The van der Waals surface area contributed by atoms with Gasteiger partial charge >= 0.3 is 5.97 Å². The average molecular weight is 254 g/mol. The highest BCUT2D eigenvalue weighted by atomic mass is 16.4. The molecule has 104 valence electrons. The number of rotatable bonds is 6. The third-order valence-electron chi connectivity index (χ3n) is 4.14. The van der Waals surface area contributed by atoms with Gasteiger partial charge in [0.25, 0.3) is 0 Å². The van der Waals surface area contributed by atoms with E-state index in [9.17, 15) is 9.90 Å². The Morgan fingerprint density at radius 1 is 1.33 bits per heavy atom. The minimum atomic E-state index is -0.660. The number of aliphatic carboxylic acids is 1. The van der Waals surface area contributed by atoms with E-state index >= 15 is 0 Å². The smallest absolute Gasteiger partial charge is 0.320 e. The zero-order valence-electron chi connectivity index (χ0n) is 11.4. The molecular weight excluding hydrogens is 228 g/mol. The maximum absolute atomic E-state index is 11.2. The van der Waals surface area contributed by atoms with E-state index in [1.165, 1.54) is 25.9 Å². The maximum atomic E-state index is 11.2. The maximum Gasteiger partial charge on any atom is 0.320 e. The first-order valence-electron chi connectivity index (χ1n) is 7.42. The molecule has 2 N–H and O–H groups in total. The van der Waals surface area contributed by atoms with Crippen molar-refractivity contribution < 1.29 is 9.90 Å². The van der Waals surface area contributed by atoms with Crippen LogP contribution in [0.3, 0.4) is 0 Å². The standard InChI is InChI=1S/C14H26N2O2/c1-2-8-16-9-3-4-12(7-10-16)15-13(14(17)18)11-5-6-11/h11-13,15H,2-10H2,1H3,(H,17,18). The number of carbonyl (C=O) groups is 1. The summed E-state index contributed by atoms with van der Waals surface area (Å²) in [6.45, 7) is 5.68. The first kappa shape index (κ1) is 13.8. The first-order valence-corrected chi connectivity index (χ1v) is 7.42. The van der Waals surface area contributed by atoms with Crippen molar-refractivity contribution >= 4 is 5.97 Å². The Morgan fingerprint density at radius 2 is 2.11 bits per heavy atom. The lowest BCUT2D eigenvalue weighted by Crippen LogP contribution is -2.45. The highest BCUT2D eigenvalue weighted by molar-refractivity contribution is 5.74. The van der Waals surface area contributed by atoms with Crippen molar-refractivity contribution in [1.29, 1.82) is 0 Å². The molecule has 2 fully saturated rings. The summed E-state index contributed by atoms with van der Waals surface area (Å²) in [6.07, 6.45) is 6.77. The quantitative estimate of drug-likeness (QED) is 0.757. The Balaban J connectivity index is 1.80. The van der Waals surface area contributed by atoms with Crippen LogP contribution < -0.4 is 5.32 Å². The third-order valence-corrected chi connectivity index (χ3v) is 4.14. The van der Waals surface area contributed by atoms with Crippen LogP contribution in [0.2, 0.25) is 0 Å². The van der Waals surface area contributed by atoms with Gasteiger partial charge in [-0.1, -0.05) is 6.92 Å². The van der Waals surface area contributed by atoms with Gasteiger partial charge in [-0.05, 0) is 64.1 Å². The SMILES string of the molecule is CCCN1CCCC(NC(C(=O)O)C2CC2)CC1. The molecular formula is C14H26N2O2. The molecule has 1 aliphatic heterocycles. The Hall–Kier alpha value is -0.610. The molecule has 0 spiro atoms. The lowest BCUT2D eigenvalue weighted by atomic mass is 10.1. The third kappa shape index (κ3) is 3.95. The van der Waals surface area contributed by atoms with E-state index in [0.717, 1.165) is 32.2 Å². The van der Waals surface area contributed by atoms with E-state index in [0.29, 0.717) is 12.0 Å². The molecule has 1 aliphatic carbocycles. The summed E-state index contributed by atoms with van der Waals surface area (Å²) in [5.41, 5.74) is 0. The first-order chi connectivity index (χ1) is 8.70. The lowest BCUT2D eigenvalue weighted by molar-refractivity contribution is -0.140. The van der Waals surface area contributed by atoms with E-state index in [4.69, 9.17) is 0 Å². The van der Waals surface area contributed by atoms with Crippen molar-refractivity contribution in [2.45, 2.75) is 57.5 Å². The summed E-state index contributed by atoms with van der Waals surface area (Å²) in [5, 5.41) is 12.6. The van der Waals surface area contributed by atoms with Crippen molar-refractivity contribution in [3.05, 3.63) is 0 Å². The van der Waals surface area contributed by atoms with Crippen LogP contribution in [0, 0.1) is 5.92 Å². The predicted octanol–water partition coefficient (Wildman–Crippen LogP) is 1.70. The Morgan fingerprint density at radius 3 is 2.72 bits per heavy atom. The van der Waals surface area contributed by atoms with Crippen LogP contribution in [-0.2, 0) is 4.79 Å². The molecule has 0 radical (unpaired) electrons. The number of likely N-dealkylation sites (tertiary alicyclic amines) is 1. The lowest BCUT2D eigenvalue weighted by Gasteiger charge is -2.22. The van der Waals surface area contributed by atoms with Gasteiger partial charge in [-0.25, -0.2) is 0 Å². The zero-order valence-corrected chi connectivity index (χ0v) is 11.4. The fourth-order valence-electron chi connectivity index (χ4n) is 2.95. The van der Waals surface area contributed by atoms with Crippen molar-refractivity contribution in [3.63, 3.8) is 0 Å². The topological polar surface area (TPSA) is 52.6 Å². The molecule has 2 unspecified atom stereocenters. The monoisotopic (exact) mass is 254 g/mol. The van der Waals surface area contributed by atoms with Gasteiger partial charge in [0.15, 0.2) is 0 Å². The van der Waals surface area contributed by atoms with Crippen molar-refractivity contribution in [1.82, 2.24) is 10.2 Å². The van der Waals surface area contributed by atoms with Crippen molar-refractivity contribution in [2.24, 2.45) is 5.92 Å². The molecule has 4 heteroatoms. The molecule has 4 nitrogen and oxygen atoms in total. The molecule has 0 aromatic heterocycles. The van der Waals surface area contributed by atoms with E-state index in [1.54, 1.807) is 0 Å². The van der Waals surface area contributed by atoms with Gasteiger partial charge in [-0.15, -0.1) is 0 Å². The van der Waals surface area contributed by atoms with Gasteiger partial charge in [-0.3, -0.25) is 4.79 Å². The minimum Gasteiger partial charge on any atom is -0.480 e. The molecule has 0 aromatic carbocycles. The fraction of sp³-hybridized carbons (Fsp3) is 0.929. The summed E-state index contributed by atoms with van der Waals surface area (Å²) in [4.78, 5) is 13.7. The number of carboxylic acids is 1. The summed E-state index contributed by atoms with van der Waals surface area (Å²) in [6, 6.07) is 0.0984. The van der Waals surface area contributed by atoms with E-state index in [2.05, 4.69) is 17.1 Å². The van der Waals surface area contributed by atoms with Crippen LogP contribution in [0.1, 0.15) is 45.4 Å². The normalized spacial score (nSPS) is 27.7. The van der Waals surface area contributed by atoms with Crippen molar-refractivity contribution in [2.75, 3.05) is 19.6 Å². The Bertz CT molecular complexity index is 279. The molecule has 18 heavy (non-hydrogen) atoms. The fourth-order valence-corrected chi connectivity index (χ4v) is 2.95. The summed E-state index contributed by atoms with van der Waals surface area (Å²) in [5.74, 6) is -0.273. The summed E-state index contributed by atoms with van der Waals surface area (Å²) >= 11 is 0. The van der Waals surface area contributed by atoms with Crippen LogP contribution in [0.4, 0.5) is 0 Å².